The van der Waals surface area contributed by atoms with Gasteiger partial charge < -0.3 is 11.1 Å². The highest BCUT2D eigenvalue weighted by Gasteiger charge is 2.58. The van der Waals surface area contributed by atoms with Crippen LogP contribution in [0.15, 0.2) is 70.5 Å². The first-order chi connectivity index (χ1) is 15.3. The Morgan fingerprint density at radius 3 is 1.21 bits per heavy atom. The van der Waals surface area contributed by atoms with Crippen LogP contribution in [0.3, 0.4) is 0 Å². The zero-order valence-corrected chi connectivity index (χ0v) is 20.0. The zero-order valence-electron chi connectivity index (χ0n) is 16.7. The van der Waals surface area contributed by atoms with Crippen LogP contribution in [0.25, 0.3) is 11.1 Å². The molecule has 0 bridgehead atoms. The first-order valence-electron chi connectivity index (χ1n) is 8.81. The SMILES string of the molecule is CCC(S(=O)(=O)C(=[N+]=[N-])S(=O)(=O)c1ccccc1)S(=O)(=O)C(=[N+]=[N-])S(=O)(=O)c1ccccc1. The molecule has 0 N–H and O–H groups in total. The third kappa shape index (κ3) is 4.71. The zero-order chi connectivity index (χ0) is 25.1. The monoisotopic (exact) mass is 532 g/mol. The minimum absolute atomic E-state index is 0.624. The Kier molecular flexibility index (Phi) is 7.53. The minimum Gasteiger partial charge on any atom is -0.359 e. The van der Waals surface area contributed by atoms with Crippen LogP contribution in [-0.4, -0.2) is 56.6 Å². The van der Waals surface area contributed by atoms with E-state index < -0.39 is 68.9 Å². The van der Waals surface area contributed by atoms with Crippen LogP contribution in [-0.2, 0) is 39.3 Å². The fourth-order valence-electron chi connectivity index (χ4n) is 2.76. The molecule has 0 saturated heterocycles. The van der Waals surface area contributed by atoms with Gasteiger partial charge in [0.2, 0.25) is 0 Å². The van der Waals surface area contributed by atoms with Gasteiger partial charge in [-0.3, -0.25) is 0 Å². The smallest absolute Gasteiger partial charge is 0.359 e. The van der Waals surface area contributed by atoms with Crippen molar-refractivity contribution in [2.24, 2.45) is 0 Å². The van der Waals surface area contributed by atoms with Gasteiger partial charge in [-0.25, -0.2) is 33.7 Å². The lowest BCUT2D eigenvalue weighted by Crippen LogP contribution is -2.43. The Bertz CT molecular complexity index is 1470. The molecule has 0 heterocycles. The standard InChI is InChI=1S/C17H16N4O8S4/c1-2-15(32(26,27)16(20-18)30(22,23)13-9-5-3-6-10-13)33(28,29)17(21-19)31(24,25)14-11-7-4-8-12-14/h3-12,15H,2H2,1H3. The van der Waals surface area contributed by atoms with E-state index in [1.807, 2.05) is 0 Å². The van der Waals surface area contributed by atoms with Gasteiger partial charge in [0.15, 0.2) is 4.58 Å². The summed E-state index contributed by atoms with van der Waals surface area (Å²) in [6, 6.07) is 11.7. The van der Waals surface area contributed by atoms with Crippen LogP contribution >= 0.6 is 0 Å². The first-order valence-corrected chi connectivity index (χ1v) is 14.9. The van der Waals surface area contributed by atoms with E-state index in [-0.39, 0.29) is 0 Å². The van der Waals surface area contributed by atoms with E-state index in [0.29, 0.717) is 0 Å². The molecule has 0 unspecified atom stereocenters. The van der Waals surface area contributed by atoms with Crippen molar-refractivity contribution in [3.05, 3.63) is 71.7 Å². The van der Waals surface area contributed by atoms with Crippen LogP contribution in [0.4, 0.5) is 0 Å². The highest BCUT2D eigenvalue weighted by atomic mass is 32.3. The number of rotatable bonds is 5. The summed E-state index contributed by atoms with van der Waals surface area (Å²) in [5, 5.41) is 0. The second-order valence-electron chi connectivity index (χ2n) is 6.29. The number of sulfone groups is 4. The van der Waals surface area contributed by atoms with Gasteiger partial charge in [-0.1, -0.05) is 43.3 Å². The fourth-order valence-corrected chi connectivity index (χ4v) is 11.9. The van der Waals surface area contributed by atoms with E-state index in [9.17, 15) is 44.7 Å². The Balaban J connectivity index is 2.73. The van der Waals surface area contributed by atoms with Crippen LogP contribution in [0, 0.1) is 0 Å². The average Bonchev–Trinajstić information content (AvgIpc) is 2.75. The van der Waals surface area contributed by atoms with Crippen molar-refractivity contribution in [2.75, 3.05) is 0 Å². The number of hydrogen-bond acceptors (Lipinski definition) is 8. The molecular formula is C17H16N4O8S4. The highest BCUT2D eigenvalue weighted by Crippen LogP contribution is 2.25. The lowest BCUT2D eigenvalue weighted by Gasteiger charge is -2.12. The highest BCUT2D eigenvalue weighted by molar-refractivity contribution is 8.39. The van der Waals surface area contributed by atoms with Crippen molar-refractivity contribution in [2.45, 2.75) is 27.7 Å². The van der Waals surface area contributed by atoms with Gasteiger partial charge in [-0.15, -0.1) is 9.58 Å². The van der Waals surface area contributed by atoms with Gasteiger partial charge in [0.05, 0.1) is 9.79 Å². The summed E-state index contributed by atoms with van der Waals surface area (Å²) in [6.07, 6.45) is -0.878. The molecule has 0 aromatic heterocycles. The normalized spacial score (nSPS) is 13.4. The van der Waals surface area contributed by atoms with E-state index in [2.05, 4.69) is 9.58 Å². The fraction of sp³-hybridized carbons (Fsp3) is 0.176. The summed E-state index contributed by atoms with van der Waals surface area (Å²) in [4.78, 5) is 3.39. The molecule has 0 atom stereocenters. The van der Waals surface area contributed by atoms with Crippen molar-refractivity contribution < 1.29 is 43.3 Å². The van der Waals surface area contributed by atoms with Crippen LogP contribution in [0.1, 0.15) is 13.3 Å². The van der Waals surface area contributed by atoms with Gasteiger partial charge in [0.25, 0.3) is 39.3 Å². The van der Waals surface area contributed by atoms with Crippen LogP contribution in [0.2, 0.25) is 0 Å². The topological polar surface area (TPSA) is 209 Å². The molecule has 0 aliphatic carbocycles. The van der Waals surface area contributed by atoms with E-state index in [1.54, 1.807) is 0 Å². The van der Waals surface area contributed by atoms with E-state index in [0.717, 1.165) is 31.2 Å². The van der Waals surface area contributed by atoms with E-state index in [4.69, 9.17) is 0 Å². The molecule has 0 fully saturated rings. The molecule has 2 aromatic carbocycles. The van der Waals surface area contributed by atoms with Crippen molar-refractivity contribution in [1.29, 1.82) is 0 Å². The molecule has 0 aliphatic heterocycles. The molecule has 0 saturated carbocycles. The second-order valence-corrected chi connectivity index (χ2v) is 14.9. The quantitative estimate of drug-likeness (QED) is 0.230. The molecule has 33 heavy (non-hydrogen) atoms. The van der Waals surface area contributed by atoms with Gasteiger partial charge in [-0.2, -0.15) is 0 Å². The number of benzene rings is 2. The van der Waals surface area contributed by atoms with Crippen LogP contribution in [0.5, 0.6) is 0 Å². The predicted molar refractivity (Wildman–Crippen MR) is 116 cm³/mol. The minimum atomic E-state index is -5.56. The maximum Gasteiger partial charge on any atom is 0.500 e. The molecule has 2 rings (SSSR count). The molecule has 0 amide bonds. The van der Waals surface area contributed by atoms with Crippen LogP contribution < -0.4 is 0 Å². The largest absolute Gasteiger partial charge is 0.500 e. The van der Waals surface area contributed by atoms with Gasteiger partial charge >= 0.3 is 8.75 Å². The van der Waals surface area contributed by atoms with Gasteiger partial charge in [-0.05, 0) is 30.7 Å². The molecule has 12 nitrogen and oxygen atoms in total. The Labute approximate surface area is 190 Å². The summed E-state index contributed by atoms with van der Waals surface area (Å²) in [7, 11) is -21.2. The van der Waals surface area contributed by atoms with Crippen molar-refractivity contribution in [1.82, 2.24) is 0 Å². The van der Waals surface area contributed by atoms with Crippen molar-refractivity contribution in [3.63, 3.8) is 0 Å². The third-order valence-corrected chi connectivity index (χ3v) is 14.5. The lowest BCUT2D eigenvalue weighted by molar-refractivity contribution is 0.00377. The van der Waals surface area contributed by atoms with Crippen molar-refractivity contribution in [3.8, 4) is 0 Å². The summed E-state index contributed by atoms with van der Waals surface area (Å²) in [5.74, 6) is 0. The summed E-state index contributed by atoms with van der Waals surface area (Å²) >= 11 is 0. The second kappa shape index (κ2) is 9.47. The summed E-state index contributed by atoms with van der Waals surface area (Å²) < 4.78 is 96.7. The predicted octanol–water partition coefficient (Wildman–Crippen LogP) is 0.671. The Morgan fingerprint density at radius 2 is 0.970 bits per heavy atom. The molecule has 0 radical (unpaired) electrons. The van der Waals surface area contributed by atoms with Crippen molar-refractivity contribution >= 4 is 48.1 Å². The first kappa shape index (κ1) is 26.3. The summed E-state index contributed by atoms with van der Waals surface area (Å²) in [5.41, 5.74) is 18.5. The van der Waals surface area contributed by atoms with E-state index >= 15 is 0 Å². The van der Waals surface area contributed by atoms with Gasteiger partial charge in [0, 0.05) is 0 Å². The molecule has 0 aliphatic rings. The van der Waals surface area contributed by atoms with E-state index in [1.165, 1.54) is 36.4 Å². The molecule has 176 valence electrons. The lowest BCUT2D eigenvalue weighted by atomic mass is 10.4. The summed E-state index contributed by atoms with van der Waals surface area (Å²) in [6.45, 7) is 1.01. The maximum absolute atomic E-state index is 13.1. The number of nitrogens with zero attached hydrogens (tertiary/aromatic N) is 4. The molecule has 16 heteroatoms. The number of hydrogen-bond donors (Lipinski definition) is 0. The maximum atomic E-state index is 13.1. The Morgan fingerprint density at radius 1 is 0.667 bits per heavy atom. The third-order valence-electron chi connectivity index (χ3n) is 4.24. The molecule has 0 spiro atoms. The Hall–Kier alpha value is -3.00. The van der Waals surface area contributed by atoms with Gasteiger partial charge in [0.1, 0.15) is 0 Å². The molecule has 2 aromatic rings. The molecular weight excluding hydrogens is 516 g/mol. The average molecular weight is 533 g/mol.